The maximum absolute atomic E-state index is 13.2. The van der Waals surface area contributed by atoms with E-state index in [1.165, 1.54) is 0 Å². The second-order valence-electron chi connectivity index (χ2n) is 6.80. The van der Waals surface area contributed by atoms with Crippen molar-refractivity contribution in [3.8, 4) is 11.5 Å². The normalized spacial score (nSPS) is 16.0. The quantitative estimate of drug-likeness (QED) is 0.875. The minimum absolute atomic E-state index is 0.113. The molecule has 27 heavy (non-hydrogen) atoms. The molecule has 2 aromatic rings. The second kappa shape index (κ2) is 7.70. The summed E-state index contributed by atoms with van der Waals surface area (Å²) in [4.78, 5) is 26.5. The van der Waals surface area contributed by atoms with Crippen LogP contribution in [0.5, 0.6) is 11.5 Å². The highest BCUT2D eigenvalue weighted by molar-refractivity contribution is 5.98. The molecule has 0 fully saturated rings. The minimum Gasteiger partial charge on any atom is -0.497 e. The van der Waals surface area contributed by atoms with Gasteiger partial charge in [0.15, 0.2) is 0 Å². The van der Waals surface area contributed by atoms with Crippen LogP contribution >= 0.6 is 0 Å². The molecule has 3 rings (SSSR count). The van der Waals surface area contributed by atoms with Crippen molar-refractivity contribution in [2.45, 2.75) is 32.4 Å². The van der Waals surface area contributed by atoms with E-state index in [4.69, 9.17) is 9.47 Å². The molecule has 0 aromatic heterocycles. The lowest BCUT2D eigenvalue weighted by atomic mass is 9.89. The molecule has 1 unspecified atom stereocenters. The Bertz CT molecular complexity index is 861. The Morgan fingerprint density at radius 2 is 1.93 bits per heavy atom. The van der Waals surface area contributed by atoms with Crippen LogP contribution in [-0.2, 0) is 11.3 Å². The summed E-state index contributed by atoms with van der Waals surface area (Å²) in [6.45, 7) is 4.25. The first-order chi connectivity index (χ1) is 12.9. The van der Waals surface area contributed by atoms with Gasteiger partial charge < -0.3 is 19.5 Å². The van der Waals surface area contributed by atoms with E-state index in [0.717, 1.165) is 11.1 Å². The minimum atomic E-state index is -0.937. The third-order valence-corrected chi connectivity index (χ3v) is 4.56. The monoisotopic (exact) mass is 369 g/mol. The highest BCUT2D eigenvalue weighted by Crippen LogP contribution is 2.32. The van der Waals surface area contributed by atoms with Crippen molar-refractivity contribution < 1.29 is 24.2 Å². The van der Waals surface area contributed by atoms with Gasteiger partial charge in [-0.05, 0) is 37.1 Å². The van der Waals surface area contributed by atoms with Gasteiger partial charge in [-0.15, -0.1) is 0 Å². The highest BCUT2D eigenvalue weighted by Gasteiger charge is 2.33. The summed E-state index contributed by atoms with van der Waals surface area (Å²) in [7, 11) is 1.55. The summed E-state index contributed by atoms with van der Waals surface area (Å²) in [6, 6.07) is 12.4. The molecule has 1 aliphatic heterocycles. The third kappa shape index (κ3) is 3.89. The van der Waals surface area contributed by atoms with Crippen LogP contribution in [0.4, 0.5) is 0 Å². The lowest BCUT2D eigenvalue weighted by Gasteiger charge is -2.33. The number of nitrogens with zero attached hydrogens (tertiary/aromatic N) is 1. The number of fused-ring (bicyclic) bond motifs is 1. The molecule has 0 saturated carbocycles. The van der Waals surface area contributed by atoms with Gasteiger partial charge in [-0.3, -0.25) is 9.59 Å². The first-order valence-corrected chi connectivity index (χ1v) is 8.85. The molecule has 0 aliphatic carbocycles. The molecule has 0 radical (unpaired) electrons. The Hall–Kier alpha value is -3.02. The molecule has 0 spiro atoms. The van der Waals surface area contributed by atoms with Gasteiger partial charge in [0, 0.05) is 19.2 Å². The van der Waals surface area contributed by atoms with Gasteiger partial charge in [0.05, 0.1) is 24.7 Å². The first kappa shape index (κ1) is 18.8. The van der Waals surface area contributed by atoms with Crippen molar-refractivity contribution in [3.63, 3.8) is 0 Å². The van der Waals surface area contributed by atoms with Crippen LogP contribution in [0.2, 0.25) is 0 Å². The smallest absolute Gasteiger partial charge is 0.312 e. The van der Waals surface area contributed by atoms with Crippen LogP contribution in [0.25, 0.3) is 0 Å². The van der Waals surface area contributed by atoms with Crippen LogP contribution < -0.4 is 9.47 Å². The lowest BCUT2D eigenvalue weighted by Crippen LogP contribution is -2.40. The van der Waals surface area contributed by atoms with Crippen LogP contribution in [0.15, 0.2) is 42.5 Å². The molecule has 1 atom stereocenters. The molecular weight excluding hydrogens is 346 g/mol. The number of hydrogen-bond donors (Lipinski definition) is 1. The Morgan fingerprint density at radius 1 is 1.19 bits per heavy atom. The zero-order valence-corrected chi connectivity index (χ0v) is 15.6. The molecule has 1 heterocycles. The van der Waals surface area contributed by atoms with E-state index in [0.29, 0.717) is 23.6 Å². The molecule has 0 saturated heterocycles. The zero-order valence-electron chi connectivity index (χ0n) is 15.6. The number of carboxylic acid groups (broad SMARTS) is 1. The fourth-order valence-electron chi connectivity index (χ4n) is 3.30. The van der Waals surface area contributed by atoms with Crippen molar-refractivity contribution in [2.75, 3.05) is 13.7 Å². The number of ether oxygens (including phenoxy) is 2. The molecule has 1 aliphatic rings. The van der Waals surface area contributed by atoms with Crippen molar-refractivity contribution >= 4 is 11.9 Å². The van der Waals surface area contributed by atoms with Gasteiger partial charge in [-0.1, -0.05) is 24.3 Å². The van der Waals surface area contributed by atoms with Crippen LogP contribution in [-0.4, -0.2) is 41.6 Å². The van der Waals surface area contributed by atoms with Crippen molar-refractivity contribution in [1.82, 2.24) is 4.90 Å². The summed E-state index contributed by atoms with van der Waals surface area (Å²) in [5.41, 5.74) is 2.01. The molecule has 142 valence electrons. The van der Waals surface area contributed by atoms with Crippen molar-refractivity contribution in [2.24, 2.45) is 0 Å². The number of methoxy groups -OCH3 is 1. The van der Waals surface area contributed by atoms with Crippen molar-refractivity contribution in [3.05, 3.63) is 59.2 Å². The van der Waals surface area contributed by atoms with Gasteiger partial charge >= 0.3 is 5.97 Å². The summed E-state index contributed by atoms with van der Waals surface area (Å²) >= 11 is 0. The largest absolute Gasteiger partial charge is 0.497 e. The average molecular weight is 369 g/mol. The van der Waals surface area contributed by atoms with Crippen LogP contribution in [0.1, 0.15) is 41.3 Å². The summed E-state index contributed by atoms with van der Waals surface area (Å²) in [5.74, 6) is -0.913. The van der Waals surface area contributed by atoms with Gasteiger partial charge in [-0.25, -0.2) is 0 Å². The molecule has 1 N–H and O–H groups in total. The van der Waals surface area contributed by atoms with Gasteiger partial charge in [0.25, 0.3) is 5.91 Å². The zero-order chi connectivity index (χ0) is 19.6. The number of benzene rings is 2. The maximum atomic E-state index is 13.2. The number of carbonyl (C=O) groups excluding carboxylic acids is 1. The van der Waals surface area contributed by atoms with Gasteiger partial charge in [0.1, 0.15) is 11.5 Å². The standard InChI is InChI=1S/C21H23NO5/c1-13(2)27-19-10-15(26-3)8-9-17(19)20(23)22-11-14-6-4-5-7-16(14)18(12-22)21(24)25/h4-10,13,18H,11-12H2,1-3H3,(H,24,25). The van der Waals surface area contributed by atoms with Crippen molar-refractivity contribution in [1.29, 1.82) is 0 Å². The summed E-state index contributed by atoms with van der Waals surface area (Å²) < 4.78 is 11.0. The molecule has 0 bridgehead atoms. The van der Waals surface area contributed by atoms with E-state index < -0.39 is 11.9 Å². The predicted octanol–water partition coefficient (Wildman–Crippen LogP) is 3.31. The predicted molar refractivity (Wildman–Crippen MR) is 100 cm³/mol. The second-order valence-corrected chi connectivity index (χ2v) is 6.80. The summed E-state index contributed by atoms with van der Waals surface area (Å²) in [6.07, 6.45) is -0.113. The Labute approximate surface area is 158 Å². The van der Waals surface area contributed by atoms with Crippen LogP contribution in [0.3, 0.4) is 0 Å². The molecule has 1 amide bonds. The number of carboxylic acids is 1. The van der Waals surface area contributed by atoms with E-state index in [1.54, 1.807) is 30.2 Å². The highest BCUT2D eigenvalue weighted by atomic mass is 16.5. The average Bonchev–Trinajstić information content (AvgIpc) is 2.65. The SMILES string of the molecule is COc1ccc(C(=O)N2Cc3ccccc3C(C(=O)O)C2)c(OC(C)C)c1. The molecule has 6 nitrogen and oxygen atoms in total. The fourth-order valence-corrected chi connectivity index (χ4v) is 3.30. The summed E-state index contributed by atoms with van der Waals surface area (Å²) in [5, 5.41) is 9.62. The number of aliphatic carboxylic acids is 1. The van der Waals surface area contributed by atoms with E-state index >= 15 is 0 Å². The third-order valence-electron chi connectivity index (χ3n) is 4.56. The van der Waals surface area contributed by atoms with E-state index in [-0.39, 0.29) is 18.6 Å². The van der Waals surface area contributed by atoms with E-state index in [9.17, 15) is 14.7 Å². The fraction of sp³-hybridized carbons (Fsp3) is 0.333. The van der Waals surface area contributed by atoms with Gasteiger partial charge in [-0.2, -0.15) is 0 Å². The van der Waals surface area contributed by atoms with Gasteiger partial charge in [0.2, 0.25) is 0 Å². The Balaban J connectivity index is 1.95. The Kier molecular flexibility index (Phi) is 5.35. The molecule has 6 heteroatoms. The number of carbonyl (C=O) groups is 2. The Morgan fingerprint density at radius 3 is 2.59 bits per heavy atom. The van der Waals surface area contributed by atoms with E-state index in [2.05, 4.69) is 0 Å². The lowest BCUT2D eigenvalue weighted by molar-refractivity contribution is -0.139. The maximum Gasteiger partial charge on any atom is 0.312 e. The van der Waals surface area contributed by atoms with Crippen LogP contribution in [0, 0.1) is 0 Å². The van der Waals surface area contributed by atoms with E-state index in [1.807, 2.05) is 38.1 Å². The topological polar surface area (TPSA) is 76.1 Å². The molecular formula is C21H23NO5. The molecule has 2 aromatic carbocycles. The number of hydrogen-bond acceptors (Lipinski definition) is 4. The number of rotatable bonds is 5. The first-order valence-electron chi connectivity index (χ1n) is 8.85. The number of amides is 1.